The van der Waals surface area contributed by atoms with Gasteiger partial charge in [-0.25, -0.2) is 4.79 Å². The Morgan fingerprint density at radius 2 is 1.58 bits per heavy atom. The number of aliphatic hydroxyl groups is 2. The van der Waals surface area contributed by atoms with Crippen LogP contribution >= 0.6 is 0 Å². The van der Waals surface area contributed by atoms with E-state index in [0.29, 0.717) is 48.5 Å². The van der Waals surface area contributed by atoms with Gasteiger partial charge in [0.1, 0.15) is 11.9 Å². The van der Waals surface area contributed by atoms with Gasteiger partial charge in [-0.2, -0.15) is 0 Å². The molecule has 1 amide bonds. The van der Waals surface area contributed by atoms with E-state index in [0.717, 1.165) is 62.5 Å². The van der Waals surface area contributed by atoms with Crippen LogP contribution < -0.4 is 4.74 Å². The molecule has 2 bridgehead atoms. The van der Waals surface area contributed by atoms with Gasteiger partial charge in [0, 0.05) is 33.9 Å². The summed E-state index contributed by atoms with van der Waals surface area (Å²) in [4.78, 5) is 31.3. The first-order chi connectivity index (χ1) is 26.2. The Morgan fingerprint density at radius 3 is 2.29 bits per heavy atom. The second kappa shape index (κ2) is 13.9. The van der Waals surface area contributed by atoms with Crippen molar-refractivity contribution in [3.8, 4) is 5.75 Å². The van der Waals surface area contributed by atoms with Crippen LogP contribution in [0.5, 0.6) is 5.75 Å². The zero-order chi connectivity index (χ0) is 39.0. The van der Waals surface area contributed by atoms with Gasteiger partial charge < -0.3 is 24.6 Å². The van der Waals surface area contributed by atoms with Crippen molar-refractivity contribution in [3.63, 3.8) is 0 Å². The van der Waals surface area contributed by atoms with E-state index in [1.54, 1.807) is 12.0 Å². The number of fused-ring (bicyclic) bond motifs is 1. The van der Waals surface area contributed by atoms with Gasteiger partial charge in [0.15, 0.2) is 5.78 Å². The smallest absolute Gasteiger partial charge is 0.410 e. The number of methoxy groups -OCH3 is 1. The molecule has 0 heterocycles. The van der Waals surface area contributed by atoms with Gasteiger partial charge in [-0.05, 0) is 123 Å². The predicted molar refractivity (Wildman–Crippen MR) is 214 cm³/mol. The molecule has 4 fully saturated rings. The number of ketones is 1. The molecule has 7 heteroatoms. The lowest BCUT2D eigenvalue weighted by atomic mass is 9.32. The van der Waals surface area contributed by atoms with Crippen LogP contribution in [0.4, 0.5) is 4.79 Å². The summed E-state index contributed by atoms with van der Waals surface area (Å²) in [6.07, 6.45) is 14.3. The zero-order valence-corrected chi connectivity index (χ0v) is 33.9. The summed E-state index contributed by atoms with van der Waals surface area (Å²) in [5.41, 5.74) is -0.430. The fraction of sp³-hybridized carbons (Fsp3) is 0.625. The zero-order valence-electron chi connectivity index (χ0n) is 33.9. The number of nitrogens with zero attached hydrogens (tertiary/aromatic N) is 1. The Balaban J connectivity index is 1.16. The maximum atomic E-state index is 15.0. The minimum absolute atomic E-state index is 0.0189. The molecule has 55 heavy (non-hydrogen) atoms. The van der Waals surface area contributed by atoms with E-state index in [1.807, 2.05) is 54.6 Å². The van der Waals surface area contributed by atoms with E-state index in [9.17, 15) is 19.8 Å². The molecule has 7 aliphatic rings. The van der Waals surface area contributed by atoms with Crippen molar-refractivity contribution < 1.29 is 29.3 Å². The van der Waals surface area contributed by atoms with Gasteiger partial charge >= 0.3 is 6.09 Å². The molecule has 11 atom stereocenters. The molecule has 0 saturated heterocycles. The summed E-state index contributed by atoms with van der Waals surface area (Å²) in [5.74, 6) is 2.12. The molecule has 11 unspecified atom stereocenters. The third-order valence-electron chi connectivity index (χ3n) is 16.4. The quantitative estimate of drug-likeness (QED) is 0.196. The summed E-state index contributed by atoms with van der Waals surface area (Å²) in [7, 11) is 1.63. The molecule has 7 nitrogen and oxygen atoms in total. The van der Waals surface area contributed by atoms with Crippen molar-refractivity contribution in [3.05, 3.63) is 89.5 Å². The van der Waals surface area contributed by atoms with Crippen molar-refractivity contribution >= 4 is 11.9 Å². The van der Waals surface area contributed by atoms with Crippen molar-refractivity contribution in [2.24, 2.45) is 51.2 Å². The number of Topliss-reactive ketones (excluding diaryl/α,β-unsaturated/α-hetero) is 1. The average Bonchev–Trinajstić information content (AvgIpc) is 3.44. The van der Waals surface area contributed by atoms with E-state index >= 15 is 0 Å². The van der Waals surface area contributed by atoms with Crippen LogP contribution in [0, 0.1) is 51.2 Å². The molecule has 0 aromatic heterocycles. The fourth-order valence-corrected chi connectivity index (χ4v) is 13.3. The summed E-state index contributed by atoms with van der Waals surface area (Å²) in [6, 6.07) is 17.5. The second-order valence-corrected chi connectivity index (χ2v) is 19.5. The third kappa shape index (κ3) is 5.96. The van der Waals surface area contributed by atoms with E-state index in [1.165, 1.54) is 0 Å². The van der Waals surface area contributed by atoms with Gasteiger partial charge in [-0.1, -0.05) is 89.6 Å². The highest BCUT2D eigenvalue weighted by atomic mass is 16.6. The number of carbonyl (C=O) groups excluding carboxylic acids is 2. The first-order valence-corrected chi connectivity index (χ1v) is 21.2. The topological polar surface area (TPSA) is 96.3 Å². The lowest BCUT2D eigenvalue weighted by molar-refractivity contribution is -0.175. The molecule has 9 rings (SSSR count). The lowest BCUT2D eigenvalue weighted by Crippen LogP contribution is -2.67. The number of rotatable bonds is 9. The largest absolute Gasteiger partial charge is 0.497 e. The van der Waals surface area contributed by atoms with Gasteiger partial charge in [0.2, 0.25) is 0 Å². The molecule has 0 aliphatic heterocycles. The Labute approximate surface area is 328 Å². The van der Waals surface area contributed by atoms with Gasteiger partial charge in [0.05, 0.1) is 25.4 Å². The summed E-state index contributed by atoms with van der Waals surface area (Å²) in [6.45, 7) is 11.9. The Morgan fingerprint density at radius 1 is 0.891 bits per heavy atom. The first kappa shape index (κ1) is 38.5. The number of hydrogen-bond donors (Lipinski definition) is 2. The minimum atomic E-state index is -1.19. The SMILES string of the molecule is COc1ccc(C(=O)C2=CC34C=CC25C(CCC2(C)C5CCC2(O)CN(Cc2ccccc2)C(=O)OC2CC(C)CCC2C(C)C)C3(C)CCC(O)C4)cc1. The third-order valence-corrected chi connectivity index (χ3v) is 16.4. The maximum absolute atomic E-state index is 15.0. The molecule has 296 valence electrons. The molecule has 2 N–H and O–H groups in total. The van der Waals surface area contributed by atoms with Crippen LogP contribution in [-0.4, -0.2) is 58.5 Å². The number of aliphatic hydroxyl groups excluding tert-OH is 1. The van der Waals surface area contributed by atoms with Gasteiger partial charge in [-0.15, -0.1) is 0 Å². The highest BCUT2D eigenvalue weighted by Crippen LogP contribution is 2.78. The van der Waals surface area contributed by atoms with Crippen LogP contribution in [-0.2, 0) is 11.3 Å². The predicted octanol–water partition coefficient (Wildman–Crippen LogP) is 9.57. The molecular formula is C48H63NO6. The maximum Gasteiger partial charge on any atom is 0.410 e. The number of ether oxygens (including phenoxy) is 2. The van der Waals surface area contributed by atoms with Crippen LogP contribution in [0.3, 0.4) is 0 Å². The summed E-state index contributed by atoms with van der Waals surface area (Å²) >= 11 is 0. The van der Waals surface area contributed by atoms with E-state index in [4.69, 9.17) is 9.47 Å². The van der Waals surface area contributed by atoms with E-state index in [2.05, 4.69) is 52.8 Å². The number of carbonyl (C=O) groups is 2. The summed E-state index contributed by atoms with van der Waals surface area (Å²) in [5, 5.41) is 24.3. The Bertz CT molecular complexity index is 1840. The Hall–Kier alpha value is -3.42. The standard InChI is InChI=1S/C48H63NO6/c1-31(2)37-17-12-32(3)26-39(37)55-43(52)49(29-33-10-8-7-9-11-33)30-47(53)23-20-41-45(47,5)22-19-40-44(4)21-18-35(50)27-46(44)24-25-48(40,41)38(28-46)42(51)34-13-15-36(54-6)16-14-34/h7-11,13-16,24-25,28,31-32,35,37,39-41,50,53H,12,17-23,26-27,29-30H2,1-6H3. The van der Waals surface area contributed by atoms with Crippen molar-refractivity contribution in [1.82, 2.24) is 4.90 Å². The van der Waals surface area contributed by atoms with Crippen molar-refractivity contribution in [2.75, 3.05) is 13.7 Å². The molecule has 0 radical (unpaired) electrons. The molecule has 2 aromatic carbocycles. The number of amides is 1. The second-order valence-electron chi connectivity index (χ2n) is 19.5. The van der Waals surface area contributed by atoms with Crippen molar-refractivity contribution in [1.29, 1.82) is 0 Å². The molecule has 2 aromatic rings. The van der Waals surface area contributed by atoms with Crippen molar-refractivity contribution in [2.45, 2.75) is 123 Å². The average molecular weight is 750 g/mol. The number of hydrogen-bond acceptors (Lipinski definition) is 6. The monoisotopic (exact) mass is 749 g/mol. The van der Waals surface area contributed by atoms with Crippen LogP contribution in [0.15, 0.2) is 78.4 Å². The molecule has 2 spiro atoms. The molecule has 7 aliphatic carbocycles. The number of benzene rings is 2. The fourth-order valence-electron chi connectivity index (χ4n) is 13.3. The van der Waals surface area contributed by atoms with Gasteiger partial charge in [0.25, 0.3) is 0 Å². The van der Waals surface area contributed by atoms with Crippen LogP contribution in [0.2, 0.25) is 0 Å². The molecular weight excluding hydrogens is 687 g/mol. The lowest BCUT2D eigenvalue weighted by Gasteiger charge is -2.71. The normalized spacial score (nSPS) is 40.1. The Kier molecular flexibility index (Phi) is 9.72. The van der Waals surface area contributed by atoms with Crippen LogP contribution in [0.25, 0.3) is 0 Å². The highest BCUT2D eigenvalue weighted by molar-refractivity contribution is 6.10. The summed E-state index contributed by atoms with van der Waals surface area (Å²) < 4.78 is 11.9. The minimum Gasteiger partial charge on any atom is -0.497 e. The molecule has 4 saturated carbocycles. The number of allylic oxidation sites excluding steroid dienone is 4. The van der Waals surface area contributed by atoms with E-state index < -0.39 is 27.9 Å². The van der Waals surface area contributed by atoms with Crippen LogP contribution in [0.1, 0.15) is 115 Å². The first-order valence-electron chi connectivity index (χ1n) is 21.2. The van der Waals surface area contributed by atoms with Gasteiger partial charge in [-0.3, -0.25) is 4.79 Å². The van der Waals surface area contributed by atoms with E-state index in [-0.39, 0.29) is 41.8 Å². The highest BCUT2D eigenvalue weighted by Gasteiger charge is 2.74.